The van der Waals surface area contributed by atoms with Crippen molar-refractivity contribution in [2.75, 3.05) is 43.7 Å². The molecule has 0 atom stereocenters. The van der Waals surface area contributed by atoms with E-state index in [2.05, 4.69) is 15.1 Å². The van der Waals surface area contributed by atoms with Gasteiger partial charge in [-0.25, -0.2) is 18.4 Å². The zero-order valence-electron chi connectivity index (χ0n) is 19.7. The van der Waals surface area contributed by atoms with Gasteiger partial charge in [0.1, 0.15) is 16.8 Å². The third kappa shape index (κ3) is 6.11. The number of aromatic nitrogens is 5. The number of pyridine rings is 1. The van der Waals surface area contributed by atoms with E-state index in [-0.39, 0.29) is 5.69 Å². The number of sulfone groups is 1. The van der Waals surface area contributed by atoms with Gasteiger partial charge in [0, 0.05) is 44.8 Å². The minimum atomic E-state index is -3.53. The Balaban J connectivity index is 2.23. The van der Waals surface area contributed by atoms with Crippen LogP contribution >= 0.6 is 0 Å². The van der Waals surface area contributed by atoms with Crippen molar-refractivity contribution in [1.29, 1.82) is 0 Å². The van der Waals surface area contributed by atoms with E-state index in [1.165, 1.54) is 0 Å². The van der Waals surface area contributed by atoms with Crippen LogP contribution in [0.1, 0.15) is 41.3 Å². The van der Waals surface area contributed by atoms with E-state index in [1.807, 2.05) is 44.9 Å². The molecule has 33 heavy (non-hydrogen) atoms. The van der Waals surface area contributed by atoms with Gasteiger partial charge in [-0.2, -0.15) is 5.10 Å². The van der Waals surface area contributed by atoms with Gasteiger partial charge in [-0.1, -0.05) is 0 Å². The van der Waals surface area contributed by atoms with Crippen molar-refractivity contribution in [3.63, 3.8) is 0 Å². The molecular formula is C22H30N6O4S. The number of fused-ring (bicyclic) bond motifs is 1. The summed E-state index contributed by atoms with van der Waals surface area (Å²) < 4.78 is 30.7. The summed E-state index contributed by atoms with van der Waals surface area (Å²) in [5.41, 5.74) is 3.51. The number of Topliss-reactive ketones (excluding diaryl/α,β-unsaturated/α-hetero) is 1. The number of hydrogen-bond acceptors (Lipinski definition) is 9. The lowest BCUT2D eigenvalue weighted by Gasteiger charge is -2.16. The fourth-order valence-electron chi connectivity index (χ4n) is 3.40. The Labute approximate surface area is 193 Å². The van der Waals surface area contributed by atoms with Crippen LogP contribution in [-0.4, -0.2) is 77.7 Å². The van der Waals surface area contributed by atoms with E-state index in [4.69, 9.17) is 9.72 Å². The first kappa shape index (κ1) is 24.7. The van der Waals surface area contributed by atoms with E-state index in [1.54, 1.807) is 10.9 Å². The first-order valence-electron chi connectivity index (χ1n) is 10.8. The summed E-state index contributed by atoms with van der Waals surface area (Å²) in [7, 11) is -1.68. The Morgan fingerprint density at radius 1 is 1.24 bits per heavy atom. The van der Waals surface area contributed by atoms with Crippen molar-refractivity contribution >= 4 is 32.6 Å². The highest BCUT2D eigenvalue weighted by Gasteiger charge is 2.26. The van der Waals surface area contributed by atoms with Crippen molar-refractivity contribution in [3.8, 4) is 0 Å². The van der Waals surface area contributed by atoms with Crippen molar-refractivity contribution in [1.82, 2.24) is 24.7 Å². The monoisotopic (exact) mass is 474 g/mol. The molecule has 3 heterocycles. The number of rotatable bonds is 11. The maximum absolute atomic E-state index is 12.9. The van der Waals surface area contributed by atoms with Gasteiger partial charge in [0.25, 0.3) is 0 Å². The Bertz CT molecular complexity index is 1260. The molecule has 0 fully saturated rings. The lowest BCUT2D eigenvalue weighted by atomic mass is 10.1. The molecule has 0 N–H and O–H groups in total. The van der Waals surface area contributed by atoms with Crippen LogP contribution < -0.4 is 4.90 Å². The largest absolute Gasteiger partial charge is 0.380 e. The molecule has 0 aromatic carbocycles. The maximum atomic E-state index is 12.9. The predicted octanol–water partition coefficient (Wildman–Crippen LogP) is 1.84. The molecule has 0 radical (unpaired) electrons. The van der Waals surface area contributed by atoms with Crippen LogP contribution in [0, 0.1) is 6.92 Å². The highest BCUT2D eigenvalue weighted by molar-refractivity contribution is 7.91. The van der Waals surface area contributed by atoms with E-state index in [9.17, 15) is 13.2 Å². The molecule has 0 spiro atoms. The molecule has 0 unspecified atom stereocenters. The van der Waals surface area contributed by atoms with Gasteiger partial charge in [0.05, 0.1) is 18.8 Å². The summed E-state index contributed by atoms with van der Waals surface area (Å²) in [5.74, 6) is -0.797. The summed E-state index contributed by atoms with van der Waals surface area (Å²) in [5, 5.41) is 4.47. The highest BCUT2D eigenvalue weighted by atomic mass is 32.2. The van der Waals surface area contributed by atoms with Crippen LogP contribution in [0.3, 0.4) is 0 Å². The summed E-state index contributed by atoms with van der Waals surface area (Å²) in [6.07, 6.45) is 3.18. The number of aryl methyl sites for hydroxylation is 1. The predicted molar refractivity (Wildman–Crippen MR) is 127 cm³/mol. The van der Waals surface area contributed by atoms with Gasteiger partial charge in [0.15, 0.2) is 21.3 Å². The van der Waals surface area contributed by atoms with Crippen molar-refractivity contribution < 1.29 is 17.9 Å². The van der Waals surface area contributed by atoms with Crippen LogP contribution in [0.15, 0.2) is 18.3 Å². The lowest BCUT2D eigenvalue weighted by molar-refractivity contribution is 0.101. The van der Waals surface area contributed by atoms with Gasteiger partial charge >= 0.3 is 0 Å². The van der Waals surface area contributed by atoms with Gasteiger partial charge in [-0.3, -0.25) is 14.5 Å². The minimum Gasteiger partial charge on any atom is -0.380 e. The Morgan fingerprint density at radius 2 is 2.00 bits per heavy atom. The molecule has 3 rings (SSSR count). The third-order valence-corrected chi connectivity index (χ3v) is 5.88. The second-order valence-electron chi connectivity index (χ2n) is 7.94. The van der Waals surface area contributed by atoms with Crippen LogP contribution in [0.2, 0.25) is 0 Å². The first-order valence-corrected chi connectivity index (χ1v) is 12.9. The van der Waals surface area contributed by atoms with E-state index >= 15 is 0 Å². The summed E-state index contributed by atoms with van der Waals surface area (Å²) in [6.45, 7) is 7.80. The summed E-state index contributed by atoms with van der Waals surface area (Å²) in [6, 6.07) is 3.90. The number of anilines is 1. The standard InChI is InChI=1S/C22H30N6O4S/c1-6-27(4)22-24-17(13-16-12-15(3)8-9-23-16)21-20(25-22)19(18(29)14-33(5,30)31)26-28(21)10-11-32-7-2/h8-9,12H,6-7,10-11,13-14H2,1-5H3. The number of hydrogen-bond donors (Lipinski definition) is 0. The van der Waals surface area contributed by atoms with Gasteiger partial charge < -0.3 is 9.64 Å². The molecule has 178 valence electrons. The second kappa shape index (κ2) is 10.3. The average molecular weight is 475 g/mol. The second-order valence-corrected chi connectivity index (χ2v) is 10.1. The van der Waals surface area contributed by atoms with Crippen molar-refractivity contribution in [2.45, 2.75) is 33.7 Å². The quantitative estimate of drug-likeness (QED) is 0.303. The summed E-state index contributed by atoms with van der Waals surface area (Å²) >= 11 is 0. The topological polar surface area (TPSA) is 120 Å². The molecule has 0 amide bonds. The van der Waals surface area contributed by atoms with Crippen LogP contribution in [-0.2, 0) is 27.5 Å². The van der Waals surface area contributed by atoms with Crippen molar-refractivity contribution in [2.24, 2.45) is 0 Å². The molecular weight excluding hydrogens is 444 g/mol. The van der Waals surface area contributed by atoms with E-state index in [0.29, 0.717) is 55.4 Å². The lowest BCUT2D eigenvalue weighted by Crippen LogP contribution is -2.20. The Morgan fingerprint density at radius 3 is 2.64 bits per heavy atom. The normalized spacial score (nSPS) is 11.8. The van der Waals surface area contributed by atoms with E-state index in [0.717, 1.165) is 17.5 Å². The fraction of sp³-hybridized carbons (Fsp3) is 0.500. The molecule has 3 aromatic rings. The zero-order chi connectivity index (χ0) is 24.2. The fourth-order valence-corrected chi connectivity index (χ4v) is 4.01. The molecule has 3 aromatic heterocycles. The summed E-state index contributed by atoms with van der Waals surface area (Å²) in [4.78, 5) is 28.6. The number of carbonyl (C=O) groups is 1. The average Bonchev–Trinajstić information content (AvgIpc) is 3.11. The molecule has 0 aliphatic rings. The third-order valence-electron chi connectivity index (χ3n) is 5.09. The number of carbonyl (C=O) groups excluding carboxylic acids is 1. The molecule has 0 saturated carbocycles. The van der Waals surface area contributed by atoms with Crippen LogP contribution in [0.4, 0.5) is 5.95 Å². The van der Waals surface area contributed by atoms with E-state index < -0.39 is 21.4 Å². The minimum absolute atomic E-state index is 0.0264. The maximum Gasteiger partial charge on any atom is 0.226 e. The molecule has 10 nitrogen and oxygen atoms in total. The van der Waals surface area contributed by atoms with Gasteiger partial charge in [0.2, 0.25) is 5.95 Å². The molecule has 0 bridgehead atoms. The Hall–Kier alpha value is -2.92. The molecule has 0 aliphatic heterocycles. The van der Waals surface area contributed by atoms with Crippen LogP contribution in [0.5, 0.6) is 0 Å². The Kier molecular flexibility index (Phi) is 7.75. The highest BCUT2D eigenvalue weighted by Crippen LogP contribution is 2.25. The van der Waals surface area contributed by atoms with Crippen LogP contribution in [0.25, 0.3) is 11.0 Å². The molecule has 0 aliphatic carbocycles. The van der Waals surface area contributed by atoms with Crippen molar-refractivity contribution in [3.05, 3.63) is 41.0 Å². The smallest absolute Gasteiger partial charge is 0.226 e. The number of ether oxygens (including phenoxy) is 1. The first-order chi connectivity index (χ1) is 15.6. The molecule has 0 saturated heterocycles. The SMILES string of the molecule is CCOCCn1nc(C(=O)CS(C)(=O)=O)c2nc(N(C)CC)nc(Cc3cc(C)ccn3)c21. The number of ketones is 1. The van der Waals surface area contributed by atoms with Gasteiger partial charge in [-0.15, -0.1) is 0 Å². The zero-order valence-corrected chi connectivity index (χ0v) is 20.5. The van der Waals surface area contributed by atoms with Gasteiger partial charge in [-0.05, 0) is 38.5 Å². The number of nitrogens with zero attached hydrogens (tertiary/aromatic N) is 6. The molecule has 11 heteroatoms.